The summed E-state index contributed by atoms with van der Waals surface area (Å²) in [6.45, 7) is 2.64. The number of carbonyl (C=O) groups is 2. The van der Waals surface area contributed by atoms with Gasteiger partial charge in [0, 0.05) is 23.6 Å². The van der Waals surface area contributed by atoms with Crippen molar-refractivity contribution in [3.63, 3.8) is 0 Å². The van der Waals surface area contributed by atoms with Gasteiger partial charge in [-0.05, 0) is 56.0 Å². The summed E-state index contributed by atoms with van der Waals surface area (Å²) < 4.78 is 39.4. The van der Waals surface area contributed by atoms with E-state index in [2.05, 4.69) is 0 Å². The fraction of sp³-hybridized carbons (Fsp3) is 0.333. The largest absolute Gasteiger partial charge is 0.416 e. The number of nitrogens with zero attached hydrogens (tertiary/aromatic N) is 2. The van der Waals surface area contributed by atoms with E-state index < -0.39 is 11.7 Å². The summed E-state index contributed by atoms with van der Waals surface area (Å²) in [6.07, 6.45) is -0.138. The normalized spacial score (nSPS) is 20.4. The lowest BCUT2D eigenvalue weighted by Crippen LogP contribution is -2.42. The van der Waals surface area contributed by atoms with Crippen LogP contribution in [-0.4, -0.2) is 29.3 Å². The minimum Gasteiger partial charge on any atom is -0.336 e. The molecule has 8 heteroatoms. The Bertz CT molecular complexity index is 1070. The zero-order valence-corrected chi connectivity index (χ0v) is 18.4. The highest BCUT2D eigenvalue weighted by molar-refractivity contribution is 8.04. The third-order valence-corrected chi connectivity index (χ3v) is 6.85. The molecule has 2 aliphatic heterocycles. The number of para-hydroxylation sites is 1. The lowest BCUT2D eigenvalue weighted by atomic mass is 10.0. The van der Waals surface area contributed by atoms with Crippen LogP contribution in [-0.2, 0) is 22.3 Å². The number of likely N-dealkylation sites (tertiary alicyclic amines) is 1. The van der Waals surface area contributed by atoms with Gasteiger partial charge in [0.15, 0.2) is 0 Å². The first-order chi connectivity index (χ1) is 15.2. The van der Waals surface area contributed by atoms with Crippen molar-refractivity contribution in [1.29, 1.82) is 0 Å². The van der Waals surface area contributed by atoms with E-state index in [1.807, 2.05) is 19.1 Å². The molecule has 2 aromatic carbocycles. The number of halogens is 3. The molecule has 0 aliphatic carbocycles. The summed E-state index contributed by atoms with van der Waals surface area (Å²) >= 11 is 1.22. The SMILES string of the molecule is C[C@@H]1CCCCN1C(=O)/C=C1/Sc2ccccc2N(Cc2cccc(C(F)(F)F)c2)C1=O. The number of benzene rings is 2. The first kappa shape index (κ1) is 22.5. The van der Waals surface area contributed by atoms with Crippen LogP contribution in [0.2, 0.25) is 0 Å². The predicted molar refractivity (Wildman–Crippen MR) is 118 cm³/mol. The van der Waals surface area contributed by atoms with E-state index in [4.69, 9.17) is 0 Å². The third-order valence-electron chi connectivity index (χ3n) is 5.77. The van der Waals surface area contributed by atoms with E-state index in [0.717, 1.165) is 36.3 Å². The Balaban J connectivity index is 1.65. The first-order valence-corrected chi connectivity index (χ1v) is 11.3. The molecule has 4 rings (SSSR count). The van der Waals surface area contributed by atoms with E-state index in [9.17, 15) is 22.8 Å². The number of piperidine rings is 1. The van der Waals surface area contributed by atoms with Crippen molar-refractivity contribution >= 4 is 29.3 Å². The van der Waals surface area contributed by atoms with Crippen molar-refractivity contribution in [3.05, 3.63) is 70.6 Å². The maximum atomic E-state index is 13.3. The second-order valence-electron chi connectivity index (χ2n) is 8.04. The van der Waals surface area contributed by atoms with Gasteiger partial charge in [-0.1, -0.05) is 36.0 Å². The Morgan fingerprint density at radius 1 is 1.16 bits per heavy atom. The van der Waals surface area contributed by atoms with Gasteiger partial charge < -0.3 is 9.80 Å². The van der Waals surface area contributed by atoms with Crippen molar-refractivity contribution in [2.24, 2.45) is 0 Å². The Labute approximate surface area is 189 Å². The number of amides is 2. The Morgan fingerprint density at radius 2 is 1.94 bits per heavy atom. The second kappa shape index (κ2) is 9.02. The van der Waals surface area contributed by atoms with Crippen LogP contribution >= 0.6 is 11.8 Å². The zero-order chi connectivity index (χ0) is 22.9. The summed E-state index contributed by atoms with van der Waals surface area (Å²) in [4.78, 5) is 30.5. The maximum Gasteiger partial charge on any atom is 0.416 e. The Morgan fingerprint density at radius 3 is 2.69 bits per heavy atom. The van der Waals surface area contributed by atoms with Crippen LogP contribution in [0.1, 0.15) is 37.3 Å². The molecule has 0 radical (unpaired) electrons. The monoisotopic (exact) mass is 460 g/mol. The van der Waals surface area contributed by atoms with Gasteiger partial charge in [0.05, 0.1) is 22.7 Å². The highest BCUT2D eigenvalue weighted by Crippen LogP contribution is 2.42. The molecule has 2 amide bonds. The molecule has 0 aromatic heterocycles. The number of alkyl halides is 3. The third kappa shape index (κ3) is 4.70. The highest BCUT2D eigenvalue weighted by atomic mass is 32.2. The fourth-order valence-corrected chi connectivity index (χ4v) is 5.09. The summed E-state index contributed by atoms with van der Waals surface area (Å²) in [7, 11) is 0. The number of thioether (sulfide) groups is 1. The summed E-state index contributed by atoms with van der Waals surface area (Å²) in [5.41, 5.74) is 0.230. The Kier molecular flexibility index (Phi) is 6.33. The van der Waals surface area contributed by atoms with E-state index in [1.54, 1.807) is 23.1 Å². The van der Waals surface area contributed by atoms with Crippen LogP contribution in [0, 0.1) is 0 Å². The quantitative estimate of drug-likeness (QED) is 0.558. The molecule has 168 valence electrons. The summed E-state index contributed by atoms with van der Waals surface area (Å²) in [6, 6.07) is 12.3. The lowest BCUT2D eigenvalue weighted by molar-refractivity contribution is -0.137. The molecular formula is C24H23F3N2O2S. The van der Waals surface area contributed by atoms with Gasteiger partial charge in [0.2, 0.25) is 5.91 Å². The first-order valence-electron chi connectivity index (χ1n) is 10.5. The van der Waals surface area contributed by atoms with Crippen molar-refractivity contribution in [3.8, 4) is 0 Å². The van der Waals surface area contributed by atoms with Crippen LogP contribution < -0.4 is 4.90 Å². The molecular weight excluding hydrogens is 437 g/mol. The average Bonchev–Trinajstić information content (AvgIpc) is 2.76. The van der Waals surface area contributed by atoms with Gasteiger partial charge in [0.25, 0.3) is 5.91 Å². The topological polar surface area (TPSA) is 40.6 Å². The van der Waals surface area contributed by atoms with Gasteiger partial charge in [0.1, 0.15) is 0 Å². The van der Waals surface area contributed by atoms with E-state index in [-0.39, 0.29) is 29.3 Å². The number of carbonyl (C=O) groups excluding carboxylic acids is 2. The Hall–Kier alpha value is -2.74. The molecule has 1 fully saturated rings. The van der Waals surface area contributed by atoms with Crippen LogP contribution in [0.15, 0.2) is 64.4 Å². The van der Waals surface area contributed by atoms with Crippen molar-refractivity contribution in [1.82, 2.24) is 4.90 Å². The molecule has 0 spiro atoms. The van der Waals surface area contributed by atoms with Crippen LogP contribution in [0.4, 0.5) is 18.9 Å². The predicted octanol–water partition coefficient (Wildman–Crippen LogP) is 5.63. The molecule has 1 saturated heterocycles. The minimum atomic E-state index is -4.46. The van der Waals surface area contributed by atoms with E-state index in [1.165, 1.54) is 28.8 Å². The minimum absolute atomic E-state index is 0.0219. The average molecular weight is 461 g/mol. The van der Waals surface area contributed by atoms with Crippen LogP contribution in [0.3, 0.4) is 0 Å². The van der Waals surface area contributed by atoms with Gasteiger partial charge in [-0.3, -0.25) is 9.59 Å². The number of fused-ring (bicyclic) bond motifs is 1. The summed E-state index contributed by atoms with van der Waals surface area (Å²) in [5, 5.41) is 0. The van der Waals surface area contributed by atoms with Gasteiger partial charge in [-0.15, -0.1) is 0 Å². The molecule has 0 saturated carbocycles. The van der Waals surface area contributed by atoms with Gasteiger partial charge in [-0.25, -0.2) is 0 Å². The van der Waals surface area contributed by atoms with Crippen LogP contribution in [0.5, 0.6) is 0 Å². The van der Waals surface area contributed by atoms with E-state index in [0.29, 0.717) is 17.8 Å². The number of hydrogen-bond donors (Lipinski definition) is 0. The van der Waals surface area contributed by atoms with Gasteiger partial charge >= 0.3 is 6.18 Å². The smallest absolute Gasteiger partial charge is 0.336 e. The van der Waals surface area contributed by atoms with Crippen LogP contribution in [0.25, 0.3) is 0 Å². The van der Waals surface area contributed by atoms with Crippen molar-refractivity contribution in [2.45, 2.75) is 49.8 Å². The number of anilines is 1. The lowest BCUT2D eigenvalue weighted by Gasteiger charge is -2.34. The highest BCUT2D eigenvalue weighted by Gasteiger charge is 2.33. The van der Waals surface area contributed by atoms with Gasteiger partial charge in [-0.2, -0.15) is 13.2 Å². The standard InChI is InChI=1S/C24H23F3N2O2S/c1-16-7-4-5-12-28(16)22(30)14-21-23(31)29(19-10-2-3-11-20(19)32-21)15-17-8-6-9-18(13-17)24(25,26)27/h2-3,6,8-11,13-14,16H,4-5,7,12,15H2,1H3/b21-14+/t16-/m1/s1. The molecule has 2 heterocycles. The second-order valence-corrected chi connectivity index (χ2v) is 9.13. The number of hydrogen-bond acceptors (Lipinski definition) is 3. The maximum absolute atomic E-state index is 13.3. The molecule has 32 heavy (non-hydrogen) atoms. The van der Waals surface area contributed by atoms with E-state index >= 15 is 0 Å². The molecule has 0 N–H and O–H groups in total. The molecule has 2 aliphatic rings. The molecule has 2 aromatic rings. The fourth-order valence-electron chi connectivity index (χ4n) is 4.07. The molecule has 4 nitrogen and oxygen atoms in total. The summed E-state index contributed by atoms with van der Waals surface area (Å²) in [5.74, 6) is -0.587. The molecule has 0 bridgehead atoms. The molecule has 0 unspecified atom stereocenters. The van der Waals surface area contributed by atoms with Crippen molar-refractivity contribution < 1.29 is 22.8 Å². The zero-order valence-electron chi connectivity index (χ0n) is 17.6. The number of rotatable bonds is 3. The molecule has 1 atom stereocenters. The van der Waals surface area contributed by atoms with Crippen molar-refractivity contribution in [2.75, 3.05) is 11.4 Å².